The van der Waals surface area contributed by atoms with Gasteiger partial charge in [0.2, 0.25) is 0 Å². The molecule has 0 saturated heterocycles. The van der Waals surface area contributed by atoms with Gasteiger partial charge in [0.05, 0.1) is 24.0 Å². The third-order valence-corrected chi connectivity index (χ3v) is 11.0. The lowest BCUT2D eigenvalue weighted by Crippen LogP contribution is -2.47. The Morgan fingerprint density at radius 2 is 1.94 bits per heavy atom. The molecule has 10 atom stereocenters. The van der Waals surface area contributed by atoms with E-state index in [9.17, 15) is 20.1 Å². The summed E-state index contributed by atoms with van der Waals surface area (Å²) in [7, 11) is 0. The number of allylic oxidation sites excluding steroid dienone is 1. The fourth-order valence-corrected chi connectivity index (χ4v) is 9.20. The van der Waals surface area contributed by atoms with Crippen LogP contribution >= 0.6 is 0 Å². The maximum absolute atomic E-state index is 12.4. The predicted molar refractivity (Wildman–Crippen MR) is 122 cm³/mol. The Balaban J connectivity index is 1.38. The quantitative estimate of drug-likeness (QED) is 0.557. The zero-order valence-electron chi connectivity index (χ0n) is 20.0. The monoisotopic (exact) mass is 444 g/mol. The summed E-state index contributed by atoms with van der Waals surface area (Å²) in [6.45, 7) is 8.69. The van der Waals surface area contributed by atoms with Crippen LogP contribution in [0.25, 0.3) is 0 Å². The molecule has 6 unspecified atom stereocenters. The van der Waals surface area contributed by atoms with Gasteiger partial charge < -0.3 is 20.1 Å². The van der Waals surface area contributed by atoms with Crippen molar-refractivity contribution in [3.05, 3.63) is 23.0 Å². The van der Waals surface area contributed by atoms with Gasteiger partial charge in [-0.25, -0.2) is 4.79 Å². The van der Waals surface area contributed by atoms with Gasteiger partial charge in [-0.15, -0.1) is 0 Å². The molecule has 1 heterocycles. The fourth-order valence-electron chi connectivity index (χ4n) is 9.20. The highest BCUT2D eigenvalue weighted by Gasteiger charge is 2.64. The molecule has 3 N–H and O–H groups in total. The van der Waals surface area contributed by atoms with E-state index in [0.717, 1.165) is 37.7 Å². The fraction of sp³-hybridized carbons (Fsp3) is 0.815. The largest absolute Gasteiger partial charge is 0.512 e. The van der Waals surface area contributed by atoms with Gasteiger partial charge in [0, 0.05) is 11.8 Å². The summed E-state index contributed by atoms with van der Waals surface area (Å²) < 4.78 is 5.84. The SMILES string of the molecule is CC1=C(CO)C(=O)OC([C@@H](C)C2CCC3C4CC5C[C@@H](O)C=C(O)[C@]5(C)C4CC[C@@]32C)C1. The highest BCUT2D eigenvalue weighted by Crippen LogP contribution is 2.70. The maximum atomic E-state index is 12.4. The first kappa shape index (κ1) is 22.5. The third kappa shape index (κ3) is 2.99. The Morgan fingerprint density at radius 1 is 1.19 bits per heavy atom. The van der Waals surface area contributed by atoms with E-state index in [1.165, 1.54) is 12.8 Å². The minimum Gasteiger partial charge on any atom is -0.512 e. The molecule has 0 aromatic heterocycles. The molecule has 0 radical (unpaired) electrons. The zero-order valence-corrected chi connectivity index (χ0v) is 20.0. The molecular formula is C27H40O5. The molecule has 5 rings (SSSR count). The minimum absolute atomic E-state index is 0.109. The van der Waals surface area contributed by atoms with E-state index in [0.29, 0.717) is 40.9 Å². The van der Waals surface area contributed by atoms with Gasteiger partial charge in [0.25, 0.3) is 0 Å². The van der Waals surface area contributed by atoms with Gasteiger partial charge in [-0.05, 0) is 92.4 Å². The Labute approximate surface area is 191 Å². The summed E-state index contributed by atoms with van der Waals surface area (Å²) in [5.41, 5.74) is 1.44. The minimum atomic E-state index is -0.517. The molecule has 1 aliphatic heterocycles. The summed E-state index contributed by atoms with van der Waals surface area (Å²) in [6.07, 6.45) is 8.33. The van der Waals surface area contributed by atoms with Crippen molar-refractivity contribution in [2.45, 2.75) is 84.8 Å². The number of hydrogen-bond acceptors (Lipinski definition) is 5. The Bertz CT molecular complexity index is 860. The molecule has 0 aromatic carbocycles. The molecule has 0 spiro atoms. The molecule has 3 fully saturated rings. The average molecular weight is 445 g/mol. The van der Waals surface area contributed by atoms with Gasteiger partial charge >= 0.3 is 5.97 Å². The van der Waals surface area contributed by atoms with E-state index in [4.69, 9.17) is 4.74 Å². The number of aliphatic hydroxyl groups is 3. The number of ether oxygens (including phenoxy) is 1. The summed E-state index contributed by atoms with van der Waals surface area (Å²) in [4.78, 5) is 12.4. The molecular weight excluding hydrogens is 404 g/mol. The molecule has 5 nitrogen and oxygen atoms in total. The Kier molecular flexibility index (Phi) is 5.33. The number of rotatable bonds is 3. The van der Waals surface area contributed by atoms with Crippen molar-refractivity contribution in [3.63, 3.8) is 0 Å². The number of esters is 1. The van der Waals surface area contributed by atoms with Crippen molar-refractivity contribution >= 4 is 5.97 Å². The van der Waals surface area contributed by atoms with Crippen LogP contribution in [0.5, 0.6) is 0 Å². The summed E-state index contributed by atoms with van der Waals surface area (Å²) in [5.74, 6) is 2.97. The van der Waals surface area contributed by atoms with E-state index in [1.807, 2.05) is 6.92 Å². The smallest absolute Gasteiger partial charge is 0.336 e. The van der Waals surface area contributed by atoms with Crippen molar-refractivity contribution < 1.29 is 24.9 Å². The Morgan fingerprint density at radius 3 is 2.62 bits per heavy atom. The zero-order chi connectivity index (χ0) is 23.0. The second kappa shape index (κ2) is 7.59. The number of carbonyl (C=O) groups is 1. The molecule has 5 aliphatic rings. The lowest BCUT2D eigenvalue weighted by atomic mass is 9.54. The highest BCUT2D eigenvalue weighted by molar-refractivity contribution is 5.90. The second-order valence-electron chi connectivity index (χ2n) is 12.1. The maximum Gasteiger partial charge on any atom is 0.336 e. The summed E-state index contributed by atoms with van der Waals surface area (Å²) in [6, 6.07) is 0. The van der Waals surface area contributed by atoms with Gasteiger partial charge in [0.1, 0.15) is 6.10 Å². The normalized spacial score (nSPS) is 49.1. The molecule has 4 aliphatic carbocycles. The van der Waals surface area contributed by atoms with Crippen LogP contribution in [-0.2, 0) is 9.53 Å². The average Bonchev–Trinajstić information content (AvgIpc) is 3.22. The molecule has 5 heteroatoms. The lowest BCUT2D eigenvalue weighted by molar-refractivity contribution is -0.152. The molecule has 178 valence electrons. The van der Waals surface area contributed by atoms with E-state index in [2.05, 4.69) is 20.8 Å². The van der Waals surface area contributed by atoms with Crippen LogP contribution in [-0.4, -0.2) is 40.1 Å². The number of cyclic esters (lactones) is 1. The molecule has 0 bridgehead atoms. The van der Waals surface area contributed by atoms with Crippen molar-refractivity contribution in [1.29, 1.82) is 0 Å². The first-order valence-corrected chi connectivity index (χ1v) is 12.7. The molecule has 0 amide bonds. The summed E-state index contributed by atoms with van der Waals surface area (Å²) >= 11 is 0. The van der Waals surface area contributed by atoms with Crippen molar-refractivity contribution in [2.24, 2.45) is 46.3 Å². The van der Waals surface area contributed by atoms with E-state index in [-0.39, 0.29) is 35.4 Å². The van der Waals surface area contributed by atoms with Gasteiger partial charge in [0.15, 0.2) is 0 Å². The third-order valence-electron chi connectivity index (χ3n) is 11.0. The standard InChI is InChI=1S/C27H40O5/c1-14-9-23(32-25(31)19(14)13-28)15(2)20-5-6-21-18-11-16-10-17(29)12-24(30)27(16,4)22(18)7-8-26(20,21)3/h12,15-18,20-23,28-30H,5-11,13H2,1-4H3/t15-,16?,17+,18?,20?,21?,22?,23?,26+,27-/m0/s1. The van der Waals surface area contributed by atoms with Crippen molar-refractivity contribution in [2.75, 3.05) is 6.61 Å². The van der Waals surface area contributed by atoms with Crippen LogP contribution in [0.3, 0.4) is 0 Å². The Hall–Kier alpha value is -1.33. The van der Waals surface area contributed by atoms with Crippen LogP contribution in [0.1, 0.15) is 72.6 Å². The van der Waals surface area contributed by atoms with Crippen molar-refractivity contribution in [1.82, 2.24) is 0 Å². The number of fused-ring (bicyclic) bond motifs is 5. The lowest BCUT2D eigenvalue weighted by Gasteiger charge is -2.51. The van der Waals surface area contributed by atoms with E-state index in [1.54, 1.807) is 6.08 Å². The number of hydrogen-bond donors (Lipinski definition) is 3. The molecule has 3 saturated carbocycles. The van der Waals surface area contributed by atoms with Crippen LogP contribution < -0.4 is 0 Å². The van der Waals surface area contributed by atoms with Crippen molar-refractivity contribution in [3.8, 4) is 0 Å². The van der Waals surface area contributed by atoms with E-state index < -0.39 is 6.10 Å². The number of carbonyl (C=O) groups excluding carboxylic acids is 1. The number of aliphatic hydroxyl groups excluding tert-OH is 3. The highest BCUT2D eigenvalue weighted by atomic mass is 16.5. The van der Waals surface area contributed by atoms with Crippen LogP contribution in [0.2, 0.25) is 0 Å². The van der Waals surface area contributed by atoms with Gasteiger partial charge in [-0.1, -0.05) is 26.3 Å². The second-order valence-corrected chi connectivity index (χ2v) is 12.1. The first-order valence-electron chi connectivity index (χ1n) is 12.7. The topological polar surface area (TPSA) is 87.0 Å². The van der Waals surface area contributed by atoms with Gasteiger partial charge in [-0.2, -0.15) is 0 Å². The predicted octanol–water partition coefficient (Wildman–Crippen LogP) is 4.54. The summed E-state index contributed by atoms with van der Waals surface area (Å²) in [5, 5.41) is 30.6. The van der Waals surface area contributed by atoms with Crippen LogP contribution in [0, 0.1) is 46.3 Å². The molecule has 0 aromatic rings. The molecule has 32 heavy (non-hydrogen) atoms. The van der Waals surface area contributed by atoms with E-state index >= 15 is 0 Å². The van der Waals surface area contributed by atoms with Gasteiger partial charge in [-0.3, -0.25) is 0 Å². The first-order chi connectivity index (χ1) is 15.1. The van der Waals surface area contributed by atoms with Crippen LogP contribution in [0.15, 0.2) is 23.0 Å². The van der Waals surface area contributed by atoms with Crippen LogP contribution in [0.4, 0.5) is 0 Å².